The van der Waals surface area contributed by atoms with Crippen molar-refractivity contribution in [3.8, 4) is 11.5 Å². The zero-order valence-electron chi connectivity index (χ0n) is 29.2. The molecule has 3 aromatic carbocycles. The molecular weight excluding hydrogens is 600 g/mol. The number of nitrogens with zero attached hydrogens (tertiary/aromatic N) is 2. The van der Waals surface area contributed by atoms with Gasteiger partial charge in [0, 0.05) is 11.1 Å². The molecule has 0 spiro atoms. The normalized spacial score (nSPS) is 11.0. The lowest BCUT2D eigenvalue weighted by atomic mass is 10.1. The number of hydrazine groups is 1. The van der Waals surface area contributed by atoms with Crippen molar-refractivity contribution in [2.75, 3.05) is 13.2 Å². The van der Waals surface area contributed by atoms with E-state index in [9.17, 15) is 9.59 Å². The van der Waals surface area contributed by atoms with Gasteiger partial charge in [0.05, 0.1) is 24.6 Å². The van der Waals surface area contributed by atoms with Crippen molar-refractivity contribution in [2.45, 2.75) is 117 Å². The molecular formula is C40H56N4O4. The van der Waals surface area contributed by atoms with Gasteiger partial charge >= 0.3 is 0 Å². The molecule has 0 aromatic heterocycles. The average Bonchev–Trinajstić information content (AvgIpc) is 3.12. The molecule has 260 valence electrons. The molecule has 8 nitrogen and oxygen atoms in total. The lowest BCUT2D eigenvalue weighted by Crippen LogP contribution is -2.41. The Labute approximate surface area is 288 Å². The molecule has 2 amide bonds. The number of nitrogens with one attached hydrogen (secondary N) is 2. The van der Waals surface area contributed by atoms with Crippen molar-refractivity contribution in [2.24, 2.45) is 10.2 Å². The number of hydrogen-bond donors (Lipinski definition) is 2. The summed E-state index contributed by atoms with van der Waals surface area (Å²) in [6.45, 7) is 5.87. The summed E-state index contributed by atoms with van der Waals surface area (Å²) >= 11 is 0. The third kappa shape index (κ3) is 16.1. The molecule has 0 unspecified atom stereocenters. The van der Waals surface area contributed by atoms with E-state index in [0.29, 0.717) is 29.1 Å². The Hall–Kier alpha value is -4.20. The first-order valence-corrected chi connectivity index (χ1v) is 18.2. The van der Waals surface area contributed by atoms with Crippen LogP contribution in [-0.4, -0.2) is 25.0 Å². The smallest absolute Gasteiger partial charge is 0.269 e. The quantitative estimate of drug-likeness (QED) is 0.0569. The van der Waals surface area contributed by atoms with E-state index in [1.54, 1.807) is 48.5 Å². The minimum atomic E-state index is -0.431. The number of rotatable bonds is 24. The maximum absolute atomic E-state index is 12.6. The van der Waals surface area contributed by atoms with Crippen LogP contribution >= 0.6 is 0 Å². The minimum absolute atomic E-state index is 0.386. The Morgan fingerprint density at radius 3 is 1.17 bits per heavy atom. The number of benzene rings is 3. The molecule has 0 saturated heterocycles. The van der Waals surface area contributed by atoms with Crippen LogP contribution < -0.4 is 20.3 Å². The molecule has 0 aliphatic heterocycles. The van der Waals surface area contributed by atoms with Gasteiger partial charge in [0.15, 0.2) is 0 Å². The maximum atomic E-state index is 12.6. The molecule has 8 heteroatoms. The second-order valence-electron chi connectivity index (χ2n) is 12.3. The number of unbranched alkanes of at least 4 members (excludes halogenated alkanes) is 14. The summed E-state index contributed by atoms with van der Waals surface area (Å²) in [6.07, 6.45) is 20.2. The topological polar surface area (TPSA) is 101 Å². The largest absolute Gasteiger partial charge is 0.494 e. The second kappa shape index (κ2) is 24.0. The number of hydrogen-bond acceptors (Lipinski definition) is 6. The Bertz CT molecular complexity index is 1320. The summed E-state index contributed by atoms with van der Waals surface area (Å²) in [5.41, 5.74) is 7.06. The van der Waals surface area contributed by atoms with Gasteiger partial charge in [-0.15, -0.1) is 0 Å². The summed E-state index contributed by atoms with van der Waals surface area (Å²) in [5, 5.41) is 8.55. The summed E-state index contributed by atoms with van der Waals surface area (Å²) in [5.74, 6) is 0.716. The van der Waals surface area contributed by atoms with E-state index in [4.69, 9.17) is 9.47 Å². The van der Waals surface area contributed by atoms with E-state index < -0.39 is 11.8 Å². The average molecular weight is 657 g/mol. The summed E-state index contributed by atoms with van der Waals surface area (Å²) in [6, 6.07) is 21.1. The van der Waals surface area contributed by atoms with E-state index in [0.717, 1.165) is 30.9 Å². The van der Waals surface area contributed by atoms with Crippen molar-refractivity contribution in [1.82, 2.24) is 10.9 Å². The van der Waals surface area contributed by atoms with Gasteiger partial charge in [0.2, 0.25) is 0 Å². The van der Waals surface area contributed by atoms with Crippen LogP contribution in [0.1, 0.15) is 137 Å². The van der Waals surface area contributed by atoms with Crippen molar-refractivity contribution in [1.29, 1.82) is 0 Å². The highest BCUT2D eigenvalue weighted by molar-refractivity contribution is 5.99. The molecule has 3 aromatic rings. The first kappa shape index (κ1) is 38.2. The van der Waals surface area contributed by atoms with Gasteiger partial charge in [-0.05, 0) is 85.6 Å². The molecule has 0 bridgehead atoms. The Morgan fingerprint density at radius 2 is 0.771 bits per heavy atom. The monoisotopic (exact) mass is 656 g/mol. The number of ether oxygens (including phenoxy) is 2. The van der Waals surface area contributed by atoms with E-state index in [2.05, 4.69) is 34.9 Å². The zero-order chi connectivity index (χ0) is 34.1. The first-order valence-electron chi connectivity index (χ1n) is 18.2. The van der Waals surface area contributed by atoms with Crippen LogP contribution in [-0.2, 0) is 0 Å². The number of amides is 2. The standard InChI is InChI=1S/C40H56N4O4/c1-3-5-7-9-11-13-15-17-31-47-37-27-21-34(22-28-37)40(46)44-43-39(45)33-19-23-35(24-20-33)41-42-36-25-29-38(30-26-36)48-32-18-16-14-12-10-8-6-4-2/h19-30H,3-18,31-32H2,1-2H3,(H,43,45)(H,44,46). The molecule has 3 rings (SSSR count). The molecule has 0 aliphatic rings. The Kier molecular flexibility index (Phi) is 19.1. The molecule has 0 aliphatic carbocycles. The zero-order valence-corrected chi connectivity index (χ0v) is 29.2. The molecule has 48 heavy (non-hydrogen) atoms. The lowest BCUT2D eigenvalue weighted by molar-refractivity contribution is 0.0846. The van der Waals surface area contributed by atoms with E-state index in [1.165, 1.54) is 89.9 Å². The van der Waals surface area contributed by atoms with Crippen molar-refractivity contribution in [3.05, 3.63) is 83.9 Å². The first-order chi connectivity index (χ1) is 23.6. The van der Waals surface area contributed by atoms with Crippen LogP contribution in [0, 0.1) is 0 Å². The lowest BCUT2D eigenvalue weighted by Gasteiger charge is -2.09. The fraction of sp³-hybridized carbons (Fsp3) is 0.500. The van der Waals surface area contributed by atoms with Gasteiger partial charge in [-0.1, -0.05) is 104 Å². The molecule has 0 radical (unpaired) electrons. The molecule has 2 N–H and O–H groups in total. The third-order valence-corrected chi connectivity index (χ3v) is 8.19. The molecule has 0 heterocycles. The summed E-state index contributed by atoms with van der Waals surface area (Å²) in [7, 11) is 0. The predicted octanol–water partition coefficient (Wildman–Crippen LogP) is 11.2. The second-order valence-corrected chi connectivity index (χ2v) is 12.3. The van der Waals surface area contributed by atoms with Gasteiger partial charge in [-0.2, -0.15) is 10.2 Å². The summed E-state index contributed by atoms with van der Waals surface area (Å²) < 4.78 is 11.7. The summed E-state index contributed by atoms with van der Waals surface area (Å²) in [4.78, 5) is 25.1. The highest BCUT2D eigenvalue weighted by Crippen LogP contribution is 2.22. The van der Waals surface area contributed by atoms with Crippen molar-refractivity contribution >= 4 is 23.2 Å². The number of azo groups is 1. The van der Waals surface area contributed by atoms with Crippen LogP contribution in [0.15, 0.2) is 83.0 Å². The third-order valence-electron chi connectivity index (χ3n) is 8.19. The number of carbonyl (C=O) groups is 2. The molecule has 0 atom stereocenters. The van der Waals surface area contributed by atoms with Crippen LogP contribution in [0.4, 0.5) is 11.4 Å². The van der Waals surface area contributed by atoms with Crippen LogP contribution in [0.2, 0.25) is 0 Å². The highest BCUT2D eigenvalue weighted by Gasteiger charge is 2.10. The van der Waals surface area contributed by atoms with E-state index in [1.807, 2.05) is 24.3 Å². The van der Waals surface area contributed by atoms with Gasteiger partial charge in [-0.25, -0.2) is 0 Å². The predicted molar refractivity (Wildman–Crippen MR) is 195 cm³/mol. The van der Waals surface area contributed by atoms with Gasteiger partial charge < -0.3 is 9.47 Å². The maximum Gasteiger partial charge on any atom is 0.269 e. The fourth-order valence-corrected chi connectivity index (χ4v) is 5.22. The Morgan fingerprint density at radius 1 is 0.458 bits per heavy atom. The number of carbonyl (C=O) groups excluding carboxylic acids is 2. The van der Waals surface area contributed by atoms with Gasteiger partial charge in [0.25, 0.3) is 11.8 Å². The Balaban J connectivity index is 1.30. The van der Waals surface area contributed by atoms with Crippen LogP contribution in [0.5, 0.6) is 11.5 Å². The van der Waals surface area contributed by atoms with Gasteiger partial charge in [-0.3, -0.25) is 20.4 Å². The van der Waals surface area contributed by atoms with Crippen molar-refractivity contribution in [3.63, 3.8) is 0 Å². The fourth-order valence-electron chi connectivity index (χ4n) is 5.22. The van der Waals surface area contributed by atoms with Crippen LogP contribution in [0.25, 0.3) is 0 Å². The molecule has 0 saturated carbocycles. The highest BCUT2D eigenvalue weighted by atomic mass is 16.5. The van der Waals surface area contributed by atoms with E-state index in [-0.39, 0.29) is 0 Å². The minimum Gasteiger partial charge on any atom is -0.494 e. The van der Waals surface area contributed by atoms with Gasteiger partial charge in [0.1, 0.15) is 11.5 Å². The van der Waals surface area contributed by atoms with Crippen molar-refractivity contribution < 1.29 is 19.1 Å². The molecule has 0 fully saturated rings. The SMILES string of the molecule is CCCCCCCCCCOc1ccc(N=Nc2ccc(C(=O)NNC(=O)c3ccc(OCCCCCCCCCC)cc3)cc2)cc1. The van der Waals surface area contributed by atoms with E-state index >= 15 is 0 Å². The van der Waals surface area contributed by atoms with Crippen LogP contribution in [0.3, 0.4) is 0 Å².